The first kappa shape index (κ1) is 12.5. The van der Waals surface area contributed by atoms with Gasteiger partial charge in [-0.15, -0.1) is 0 Å². The summed E-state index contributed by atoms with van der Waals surface area (Å²) in [5, 5.41) is 0. The Kier molecular flexibility index (Phi) is 3.06. The Morgan fingerprint density at radius 2 is 1.95 bits per heavy atom. The Morgan fingerprint density at radius 3 is 2.60 bits per heavy atom. The first-order valence-corrected chi connectivity index (χ1v) is 6.26. The highest BCUT2D eigenvalue weighted by molar-refractivity contribution is 6.15. The third kappa shape index (κ3) is 1.99. The van der Waals surface area contributed by atoms with Crippen LogP contribution in [0, 0.1) is 0 Å². The van der Waals surface area contributed by atoms with Crippen LogP contribution in [-0.4, -0.2) is 20.0 Å². The third-order valence-electron chi connectivity index (χ3n) is 3.39. The highest BCUT2D eigenvalue weighted by Crippen LogP contribution is 2.36. The molecule has 0 amide bonds. The summed E-state index contributed by atoms with van der Waals surface area (Å²) in [7, 11) is 3.14. The Hall–Kier alpha value is -2.49. The van der Waals surface area contributed by atoms with E-state index < -0.39 is 0 Å². The summed E-state index contributed by atoms with van der Waals surface area (Å²) < 4.78 is 15.8. The standard InChI is InChI=1S/C16H14O4/c1-18-14-8-10-6-11(7-12-4-3-5-20-12)16(17)13(10)9-15(14)19-2/h3-5,7-9H,6H2,1-2H3/b11-7+. The number of ether oxygens (including phenoxy) is 2. The second-order valence-electron chi connectivity index (χ2n) is 4.56. The van der Waals surface area contributed by atoms with Gasteiger partial charge in [-0.05, 0) is 35.9 Å². The first-order chi connectivity index (χ1) is 9.72. The van der Waals surface area contributed by atoms with Crippen molar-refractivity contribution in [3.8, 4) is 11.5 Å². The van der Waals surface area contributed by atoms with Gasteiger partial charge in [0.15, 0.2) is 17.3 Å². The number of hydrogen-bond donors (Lipinski definition) is 0. The van der Waals surface area contributed by atoms with Crippen LogP contribution >= 0.6 is 0 Å². The van der Waals surface area contributed by atoms with Crippen LogP contribution in [0.5, 0.6) is 11.5 Å². The molecule has 4 heteroatoms. The normalized spacial score (nSPS) is 15.5. The Balaban J connectivity index is 2.02. The lowest BCUT2D eigenvalue weighted by atomic mass is 10.1. The molecule has 102 valence electrons. The first-order valence-electron chi connectivity index (χ1n) is 6.26. The van der Waals surface area contributed by atoms with Gasteiger partial charge in [-0.2, -0.15) is 0 Å². The molecule has 1 aromatic heterocycles. The maximum atomic E-state index is 12.4. The molecule has 1 aromatic carbocycles. The highest BCUT2D eigenvalue weighted by atomic mass is 16.5. The number of furan rings is 1. The van der Waals surface area contributed by atoms with Crippen molar-refractivity contribution in [3.05, 3.63) is 53.0 Å². The van der Waals surface area contributed by atoms with Gasteiger partial charge in [0, 0.05) is 17.6 Å². The average molecular weight is 270 g/mol. The summed E-state index contributed by atoms with van der Waals surface area (Å²) in [6, 6.07) is 7.21. The molecule has 4 nitrogen and oxygen atoms in total. The van der Waals surface area contributed by atoms with Gasteiger partial charge in [0.2, 0.25) is 0 Å². The summed E-state index contributed by atoms with van der Waals surface area (Å²) in [5.74, 6) is 1.90. The van der Waals surface area contributed by atoms with Crippen molar-refractivity contribution in [2.24, 2.45) is 0 Å². The Morgan fingerprint density at radius 1 is 1.20 bits per heavy atom. The summed E-state index contributed by atoms with van der Waals surface area (Å²) >= 11 is 0. The molecular weight excluding hydrogens is 256 g/mol. The lowest BCUT2D eigenvalue weighted by Crippen LogP contribution is -1.97. The number of allylic oxidation sites excluding steroid dienone is 1. The summed E-state index contributed by atoms with van der Waals surface area (Å²) in [5.41, 5.74) is 2.33. The Labute approximate surface area is 116 Å². The number of carbonyl (C=O) groups excluding carboxylic acids is 1. The molecule has 0 saturated heterocycles. The molecule has 0 unspecified atom stereocenters. The lowest BCUT2D eigenvalue weighted by Gasteiger charge is -2.08. The van der Waals surface area contributed by atoms with Crippen LogP contribution < -0.4 is 9.47 Å². The molecule has 0 fully saturated rings. The summed E-state index contributed by atoms with van der Waals surface area (Å²) in [6.45, 7) is 0. The van der Waals surface area contributed by atoms with E-state index in [4.69, 9.17) is 13.9 Å². The Bertz CT molecular complexity index is 681. The molecule has 20 heavy (non-hydrogen) atoms. The van der Waals surface area contributed by atoms with Crippen molar-refractivity contribution in [1.29, 1.82) is 0 Å². The maximum absolute atomic E-state index is 12.4. The summed E-state index contributed by atoms with van der Waals surface area (Å²) in [4.78, 5) is 12.4. The predicted octanol–water partition coefficient (Wildman–Crippen LogP) is 3.12. The number of methoxy groups -OCH3 is 2. The zero-order chi connectivity index (χ0) is 14.1. The van der Waals surface area contributed by atoms with E-state index in [1.165, 1.54) is 0 Å². The van der Waals surface area contributed by atoms with Gasteiger partial charge in [0.1, 0.15) is 5.76 Å². The minimum Gasteiger partial charge on any atom is -0.493 e. The number of benzene rings is 1. The van der Waals surface area contributed by atoms with Crippen molar-refractivity contribution in [3.63, 3.8) is 0 Å². The van der Waals surface area contributed by atoms with Crippen molar-refractivity contribution >= 4 is 11.9 Å². The van der Waals surface area contributed by atoms with Crippen LogP contribution in [0.15, 0.2) is 40.5 Å². The number of carbonyl (C=O) groups is 1. The van der Waals surface area contributed by atoms with E-state index in [1.807, 2.05) is 12.1 Å². The second kappa shape index (κ2) is 4.89. The van der Waals surface area contributed by atoms with Crippen LogP contribution in [-0.2, 0) is 6.42 Å². The maximum Gasteiger partial charge on any atom is 0.189 e. The zero-order valence-corrected chi connectivity index (χ0v) is 11.3. The van der Waals surface area contributed by atoms with Gasteiger partial charge in [0.05, 0.1) is 20.5 Å². The number of ketones is 1. The van der Waals surface area contributed by atoms with Gasteiger partial charge in [-0.25, -0.2) is 0 Å². The lowest BCUT2D eigenvalue weighted by molar-refractivity contribution is 0.104. The SMILES string of the molecule is COc1cc2c(cc1OC)C(=O)/C(=C/c1ccco1)C2. The van der Waals surface area contributed by atoms with Crippen molar-refractivity contribution in [2.75, 3.05) is 14.2 Å². The molecule has 3 rings (SSSR count). The minimum absolute atomic E-state index is 0.0114. The fourth-order valence-electron chi connectivity index (χ4n) is 2.40. The molecule has 2 aromatic rings. The van der Waals surface area contributed by atoms with Gasteiger partial charge in [-0.1, -0.05) is 0 Å². The van der Waals surface area contributed by atoms with E-state index in [1.54, 1.807) is 38.7 Å². The highest BCUT2D eigenvalue weighted by Gasteiger charge is 2.27. The van der Waals surface area contributed by atoms with Gasteiger partial charge in [-0.3, -0.25) is 4.79 Å². The number of fused-ring (bicyclic) bond motifs is 1. The van der Waals surface area contributed by atoms with E-state index in [9.17, 15) is 4.79 Å². The van der Waals surface area contributed by atoms with Crippen LogP contribution in [0.25, 0.3) is 6.08 Å². The number of hydrogen-bond acceptors (Lipinski definition) is 4. The van der Waals surface area contributed by atoms with Crippen molar-refractivity contribution < 1.29 is 18.7 Å². The van der Waals surface area contributed by atoms with Crippen LogP contribution in [0.4, 0.5) is 0 Å². The number of rotatable bonds is 3. The molecule has 0 saturated carbocycles. The van der Waals surface area contributed by atoms with E-state index in [-0.39, 0.29) is 5.78 Å². The molecule has 0 spiro atoms. The van der Waals surface area contributed by atoms with Gasteiger partial charge >= 0.3 is 0 Å². The van der Waals surface area contributed by atoms with Crippen LogP contribution in [0.1, 0.15) is 21.7 Å². The van der Waals surface area contributed by atoms with E-state index >= 15 is 0 Å². The molecule has 0 N–H and O–H groups in total. The largest absolute Gasteiger partial charge is 0.493 e. The fourth-order valence-corrected chi connectivity index (χ4v) is 2.40. The quantitative estimate of drug-likeness (QED) is 0.804. The van der Waals surface area contributed by atoms with Crippen LogP contribution in [0.3, 0.4) is 0 Å². The molecular formula is C16H14O4. The van der Waals surface area contributed by atoms with Crippen LogP contribution in [0.2, 0.25) is 0 Å². The monoisotopic (exact) mass is 270 g/mol. The van der Waals surface area contributed by atoms with E-state index in [2.05, 4.69) is 0 Å². The van der Waals surface area contributed by atoms with Gasteiger partial charge in [0.25, 0.3) is 0 Å². The topological polar surface area (TPSA) is 48.7 Å². The average Bonchev–Trinajstić information content (AvgIpc) is 3.07. The predicted molar refractivity (Wildman–Crippen MR) is 74.3 cm³/mol. The molecule has 1 heterocycles. The third-order valence-corrected chi connectivity index (χ3v) is 3.39. The molecule has 0 atom stereocenters. The van der Waals surface area contributed by atoms with Crippen molar-refractivity contribution in [2.45, 2.75) is 6.42 Å². The smallest absolute Gasteiger partial charge is 0.189 e. The molecule has 0 radical (unpaired) electrons. The number of Topliss-reactive ketones (excluding diaryl/α,β-unsaturated/α-hetero) is 1. The zero-order valence-electron chi connectivity index (χ0n) is 11.3. The van der Waals surface area contributed by atoms with E-state index in [0.29, 0.717) is 34.8 Å². The molecule has 0 bridgehead atoms. The molecule has 1 aliphatic carbocycles. The van der Waals surface area contributed by atoms with E-state index in [0.717, 1.165) is 5.56 Å². The van der Waals surface area contributed by atoms with Crippen molar-refractivity contribution in [1.82, 2.24) is 0 Å². The minimum atomic E-state index is 0.0114. The summed E-state index contributed by atoms with van der Waals surface area (Å²) in [6.07, 6.45) is 3.95. The molecule has 1 aliphatic rings. The fraction of sp³-hybridized carbons (Fsp3) is 0.188. The molecule has 0 aliphatic heterocycles. The van der Waals surface area contributed by atoms with Gasteiger partial charge < -0.3 is 13.9 Å². The second-order valence-corrected chi connectivity index (χ2v) is 4.56.